The van der Waals surface area contributed by atoms with Gasteiger partial charge in [0.25, 0.3) is 0 Å². The first-order valence-corrected chi connectivity index (χ1v) is 11.1. The van der Waals surface area contributed by atoms with Gasteiger partial charge in [-0.05, 0) is 52.2 Å². The highest BCUT2D eigenvalue weighted by atomic mass is 15.0. The van der Waals surface area contributed by atoms with Crippen molar-refractivity contribution in [2.45, 2.75) is 6.92 Å². The van der Waals surface area contributed by atoms with E-state index in [9.17, 15) is 0 Å². The van der Waals surface area contributed by atoms with Crippen molar-refractivity contribution in [1.29, 1.82) is 0 Å². The van der Waals surface area contributed by atoms with Crippen molar-refractivity contribution in [2.24, 2.45) is 0 Å². The molecular formula is C31H21N. The van der Waals surface area contributed by atoms with E-state index in [1.807, 2.05) is 0 Å². The molecular weight excluding hydrogens is 386 g/mol. The van der Waals surface area contributed by atoms with Gasteiger partial charge in [0.1, 0.15) is 0 Å². The van der Waals surface area contributed by atoms with Crippen LogP contribution < -0.4 is 0 Å². The van der Waals surface area contributed by atoms with E-state index in [4.69, 9.17) is 0 Å². The first-order valence-electron chi connectivity index (χ1n) is 11.1. The Labute approximate surface area is 186 Å². The average Bonchev–Trinajstić information content (AvgIpc) is 3.20. The van der Waals surface area contributed by atoms with Crippen molar-refractivity contribution >= 4 is 54.1 Å². The molecule has 0 spiro atoms. The zero-order valence-electron chi connectivity index (χ0n) is 17.8. The number of hydrogen-bond acceptors (Lipinski definition) is 0. The Morgan fingerprint density at radius 2 is 1.06 bits per heavy atom. The van der Waals surface area contributed by atoms with Gasteiger partial charge in [-0.15, -0.1) is 0 Å². The van der Waals surface area contributed by atoms with Gasteiger partial charge in [-0.25, -0.2) is 0 Å². The molecule has 150 valence electrons. The lowest BCUT2D eigenvalue weighted by Gasteiger charge is -2.14. The van der Waals surface area contributed by atoms with Crippen LogP contribution in [0, 0.1) is 6.92 Å². The smallest absolute Gasteiger partial charge is 0.0626 e. The molecule has 0 saturated heterocycles. The van der Waals surface area contributed by atoms with Gasteiger partial charge in [-0.3, -0.25) is 0 Å². The number of fused-ring (bicyclic) bond motifs is 10. The highest BCUT2D eigenvalue weighted by Crippen LogP contribution is 2.45. The zero-order chi connectivity index (χ0) is 21.2. The van der Waals surface area contributed by atoms with Crippen molar-refractivity contribution in [3.63, 3.8) is 0 Å². The van der Waals surface area contributed by atoms with Crippen LogP contribution in [-0.4, -0.2) is 4.57 Å². The molecule has 1 heteroatoms. The van der Waals surface area contributed by atoms with Crippen LogP contribution in [0.15, 0.2) is 109 Å². The van der Waals surface area contributed by atoms with Crippen LogP contribution in [0.1, 0.15) is 5.56 Å². The zero-order valence-corrected chi connectivity index (χ0v) is 17.8. The lowest BCUT2D eigenvalue weighted by Crippen LogP contribution is -1.94. The highest BCUT2D eigenvalue weighted by molar-refractivity contribution is 6.37. The average molecular weight is 408 g/mol. The van der Waals surface area contributed by atoms with E-state index < -0.39 is 0 Å². The molecule has 0 saturated carbocycles. The molecule has 0 bridgehead atoms. The molecule has 6 aromatic carbocycles. The molecule has 0 amide bonds. The Balaban J connectivity index is 1.91. The fourth-order valence-corrected chi connectivity index (χ4v) is 5.56. The van der Waals surface area contributed by atoms with Crippen molar-refractivity contribution in [1.82, 2.24) is 4.57 Å². The van der Waals surface area contributed by atoms with Crippen molar-refractivity contribution in [2.75, 3.05) is 0 Å². The summed E-state index contributed by atoms with van der Waals surface area (Å²) >= 11 is 0. The summed E-state index contributed by atoms with van der Waals surface area (Å²) in [6, 6.07) is 39.7. The van der Waals surface area contributed by atoms with Gasteiger partial charge in [0.05, 0.1) is 11.0 Å². The van der Waals surface area contributed by atoms with E-state index in [2.05, 4.69) is 121 Å². The van der Waals surface area contributed by atoms with Crippen LogP contribution in [0.5, 0.6) is 0 Å². The van der Waals surface area contributed by atoms with Crippen molar-refractivity contribution in [3.05, 3.63) is 115 Å². The maximum atomic E-state index is 2.45. The Morgan fingerprint density at radius 1 is 0.469 bits per heavy atom. The summed E-state index contributed by atoms with van der Waals surface area (Å²) in [5.41, 5.74) is 5.05. The number of benzene rings is 6. The first-order chi connectivity index (χ1) is 15.8. The number of aromatic nitrogens is 1. The summed E-state index contributed by atoms with van der Waals surface area (Å²) in [7, 11) is 0. The summed E-state index contributed by atoms with van der Waals surface area (Å²) in [4.78, 5) is 0. The van der Waals surface area contributed by atoms with E-state index in [1.165, 1.54) is 65.4 Å². The predicted molar refractivity (Wildman–Crippen MR) is 138 cm³/mol. The summed E-state index contributed by atoms with van der Waals surface area (Å²) in [6.07, 6.45) is 0. The Hall–Kier alpha value is -4.10. The van der Waals surface area contributed by atoms with E-state index in [-0.39, 0.29) is 0 Å². The topological polar surface area (TPSA) is 4.93 Å². The van der Waals surface area contributed by atoms with Gasteiger partial charge in [0.15, 0.2) is 0 Å². The first kappa shape index (κ1) is 17.6. The number of nitrogens with zero attached hydrogens (tertiary/aromatic N) is 1. The van der Waals surface area contributed by atoms with E-state index in [1.54, 1.807) is 0 Å². The lowest BCUT2D eigenvalue weighted by molar-refractivity contribution is 1.19. The maximum Gasteiger partial charge on any atom is 0.0626 e. The van der Waals surface area contributed by atoms with Gasteiger partial charge in [0.2, 0.25) is 0 Å². The Morgan fingerprint density at radius 3 is 1.84 bits per heavy atom. The number of para-hydroxylation sites is 2. The minimum Gasteiger partial charge on any atom is -0.309 e. The third kappa shape index (κ3) is 2.23. The van der Waals surface area contributed by atoms with Gasteiger partial charge >= 0.3 is 0 Å². The molecule has 0 atom stereocenters. The standard InChI is InChI=1S/C31H21N/c1-20-19-27-23-14-6-8-16-25(23)31-30(29(27)24-15-7-5-13-22(20)24)26-17-9-10-18-28(26)32(31)21-11-3-2-4-12-21/h2-19H,1H3. The summed E-state index contributed by atoms with van der Waals surface area (Å²) in [5, 5.41) is 10.6. The van der Waals surface area contributed by atoms with Gasteiger partial charge in [-0.1, -0.05) is 91.0 Å². The van der Waals surface area contributed by atoms with Gasteiger partial charge in [-0.2, -0.15) is 0 Å². The molecule has 32 heavy (non-hydrogen) atoms. The summed E-state index contributed by atoms with van der Waals surface area (Å²) < 4.78 is 2.45. The quantitative estimate of drug-likeness (QED) is 0.240. The molecule has 0 N–H and O–H groups in total. The number of hydrogen-bond donors (Lipinski definition) is 0. The third-order valence-corrected chi connectivity index (χ3v) is 6.86. The molecule has 7 rings (SSSR count). The fraction of sp³-hybridized carbons (Fsp3) is 0.0323. The predicted octanol–water partition coefficient (Wildman–Crippen LogP) is 8.55. The van der Waals surface area contributed by atoms with E-state index in [0.717, 1.165) is 0 Å². The van der Waals surface area contributed by atoms with Crippen LogP contribution in [0.4, 0.5) is 0 Å². The van der Waals surface area contributed by atoms with E-state index >= 15 is 0 Å². The van der Waals surface area contributed by atoms with Crippen molar-refractivity contribution in [3.8, 4) is 5.69 Å². The van der Waals surface area contributed by atoms with E-state index in [0.29, 0.717) is 0 Å². The largest absolute Gasteiger partial charge is 0.309 e. The third-order valence-electron chi connectivity index (χ3n) is 6.86. The van der Waals surface area contributed by atoms with Crippen LogP contribution in [0.3, 0.4) is 0 Å². The monoisotopic (exact) mass is 407 g/mol. The second-order valence-corrected chi connectivity index (χ2v) is 8.62. The molecule has 1 aromatic heterocycles. The molecule has 0 aliphatic carbocycles. The minimum absolute atomic E-state index is 1.19. The molecule has 0 radical (unpaired) electrons. The number of aryl methyl sites for hydroxylation is 1. The van der Waals surface area contributed by atoms with Crippen molar-refractivity contribution < 1.29 is 0 Å². The van der Waals surface area contributed by atoms with Crippen LogP contribution in [0.2, 0.25) is 0 Å². The molecule has 0 fully saturated rings. The Bertz CT molecular complexity index is 1820. The lowest BCUT2D eigenvalue weighted by atomic mass is 9.91. The highest BCUT2D eigenvalue weighted by Gasteiger charge is 2.20. The fourth-order valence-electron chi connectivity index (χ4n) is 5.56. The minimum atomic E-state index is 1.19. The van der Waals surface area contributed by atoms with Crippen LogP contribution in [0.25, 0.3) is 59.8 Å². The SMILES string of the molecule is Cc1cc2c3ccccc3c3c(c4ccccc4n3-c3ccccc3)c2c2ccccc12. The van der Waals surface area contributed by atoms with Crippen LogP contribution in [-0.2, 0) is 0 Å². The summed E-state index contributed by atoms with van der Waals surface area (Å²) in [6.45, 7) is 2.23. The molecule has 1 heterocycles. The normalized spacial score (nSPS) is 11.9. The van der Waals surface area contributed by atoms with Gasteiger partial charge in [0, 0.05) is 27.2 Å². The number of rotatable bonds is 1. The molecule has 0 unspecified atom stereocenters. The second kappa shape index (κ2) is 6.45. The molecule has 0 aliphatic heterocycles. The molecule has 0 aliphatic rings. The second-order valence-electron chi connectivity index (χ2n) is 8.62. The molecule has 1 nitrogen and oxygen atoms in total. The van der Waals surface area contributed by atoms with Gasteiger partial charge < -0.3 is 4.57 Å². The van der Waals surface area contributed by atoms with Crippen LogP contribution >= 0.6 is 0 Å². The summed E-state index contributed by atoms with van der Waals surface area (Å²) in [5.74, 6) is 0. The molecule has 7 aromatic rings. The Kier molecular flexibility index (Phi) is 3.54. The maximum absolute atomic E-state index is 2.45.